The van der Waals surface area contributed by atoms with Gasteiger partial charge in [-0.3, -0.25) is 24.0 Å². The molecule has 2 rings (SSSR count). The zero-order valence-corrected chi connectivity index (χ0v) is 12.1. The first-order valence-electron chi connectivity index (χ1n) is 7.08. The van der Waals surface area contributed by atoms with Crippen molar-refractivity contribution in [2.75, 3.05) is 0 Å². The van der Waals surface area contributed by atoms with Crippen LogP contribution in [0.4, 0.5) is 0 Å². The van der Waals surface area contributed by atoms with Crippen molar-refractivity contribution in [2.45, 2.75) is 45.1 Å². The molecule has 0 bridgehead atoms. The molecule has 1 atom stereocenters. The molecule has 8 heteroatoms. The van der Waals surface area contributed by atoms with E-state index in [1.807, 2.05) is 6.92 Å². The van der Waals surface area contributed by atoms with Gasteiger partial charge < -0.3 is 4.74 Å². The Balaban J connectivity index is 1.99. The van der Waals surface area contributed by atoms with E-state index in [0.29, 0.717) is 16.4 Å². The van der Waals surface area contributed by atoms with Crippen LogP contribution >= 0.6 is 0 Å². The first-order valence-corrected chi connectivity index (χ1v) is 7.08. The van der Waals surface area contributed by atoms with E-state index in [1.165, 1.54) is 0 Å². The molecule has 0 aromatic carbocycles. The third-order valence-electron chi connectivity index (χ3n) is 3.32. The van der Waals surface area contributed by atoms with E-state index >= 15 is 0 Å². The Hall–Kier alpha value is -2.51. The standard InChI is InChI=1S/C14H16N2O6/c1-2-3-4-5-13(20)22-9-8-12(19)16(14(9)21)15-10(17)6-7-11(15)18/h6-7,9H,2-5,8H2,1H3. The minimum absolute atomic E-state index is 0.162. The largest absolute Gasteiger partial charge is 0.452 e. The van der Waals surface area contributed by atoms with Gasteiger partial charge in [0.2, 0.25) is 0 Å². The molecule has 0 aliphatic carbocycles. The molecule has 4 amide bonds. The van der Waals surface area contributed by atoms with Crippen LogP contribution in [0.3, 0.4) is 0 Å². The third-order valence-corrected chi connectivity index (χ3v) is 3.32. The Kier molecular flexibility index (Phi) is 4.69. The number of hydrogen-bond donors (Lipinski definition) is 0. The molecule has 1 unspecified atom stereocenters. The van der Waals surface area contributed by atoms with Crippen LogP contribution in [0.25, 0.3) is 0 Å². The van der Waals surface area contributed by atoms with Crippen LogP contribution in [-0.4, -0.2) is 45.7 Å². The molecule has 0 aromatic rings. The highest BCUT2D eigenvalue weighted by Crippen LogP contribution is 2.22. The first-order chi connectivity index (χ1) is 10.5. The smallest absolute Gasteiger partial charge is 0.306 e. The molecular weight excluding hydrogens is 292 g/mol. The third kappa shape index (κ3) is 3.05. The van der Waals surface area contributed by atoms with Crippen molar-refractivity contribution in [3.63, 3.8) is 0 Å². The summed E-state index contributed by atoms with van der Waals surface area (Å²) < 4.78 is 4.98. The van der Waals surface area contributed by atoms with E-state index in [9.17, 15) is 24.0 Å². The molecule has 0 N–H and O–H groups in total. The molecule has 0 saturated carbocycles. The Morgan fingerprint density at radius 1 is 1.14 bits per heavy atom. The number of carbonyl (C=O) groups is 5. The average molecular weight is 308 g/mol. The molecule has 0 spiro atoms. The Morgan fingerprint density at radius 3 is 2.36 bits per heavy atom. The fourth-order valence-electron chi connectivity index (χ4n) is 2.22. The lowest BCUT2D eigenvalue weighted by Crippen LogP contribution is -2.50. The maximum Gasteiger partial charge on any atom is 0.306 e. The molecule has 2 aliphatic rings. The van der Waals surface area contributed by atoms with E-state index in [4.69, 9.17) is 4.74 Å². The number of unbranched alkanes of at least 4 members (excludes halogenated alkanes) is 2. The minimum Gasteiger partial charge on any atom is -0.452 e. The molecule has 118 valence electrons. The zero-order valence-electron chi connectivity index (χ0n) is 12.1. The summed E-state index contributed by atoms with van der Waals surface area (Å²) in [4.78, 5) is 58.6. The summed E-state index contributed by atoms with van der Waals surface area (Å²) in [6.45, 7) is 1.99. The van der Waals surface area contributed by atoms with E-state index in [-0.39, 0.29) is 12.8 Å². The van der Waals surface area contributed by atoms with Crippen LogP contribution in [0.2, 0.25) is 0 Å². The molecule has 22 heavy (non-hydrogen) atoms. The topological polar surface area (TPSA) is 101 Å². The van der Waals surface area contributed by atoms with Gasteiger partial charge in [0.25, 0.3) is 23.6 Å². The fraction of sp³-hybridized carbons (Fsp3) is 0.500. The van der Waals surface area contributed by atoms with Crippen LogP contribution < -0.4 is 0 Å². The number of nitrogens with zero attached hydrogens (tertiary/aromatic N) is 2. The quantitative estimate of drug-likeness (QED) is 0.391. The van der Waals surface area contributed by atoms with Crippen LogP contribution in [0.5, 0.6) is 0 Å². The molecule has 0 aromatic heterocycles. The van der Waals surface area contributed by atoms with Gasteiger partial charge in [0.15, 0.2) is 6.10 Å². The Labute approximate surface area is 126 Å². The van der Waals surface area contributed by atoms with Gasteiger partial charge in [-0.25, -0.2) is 0 Å². The van der Waals surface area contributed by atoms with Crippen LogP contribution in [0.1, 0.15) is 39.0 Å². The van der Waals surface area contributed by atoms with Gasteiger partial charge in [-0.05, 0) is 6.42 Å². The second kappa shape index (κ2) is 6.50. The van der Waals surface area contributed by atoms with Gasteiger partial charge in [0, 0.05) is 18.6 Å². The minimum atomic E-state index is -1.28. The van der Waals surface area contributed by atoms with Crippen molar-refractivity contribution in [1.82, 2.24) is 10.0 Å². The summed E-state index contributed by atoms with van der Waals surface area (Å²) in [6.07, 6.45) is 2.89. The highest BCUT2D eigenvalue weighted by molar-refractivity contribution is 6.17. The second-order valence-corrected chi connectivity index (χ2v) is 5.01. The normalized spacial score (nSPS) is 21.2. The number of rotatable bonds is 6. The summed E-state index contributed by atoms with van der Waals surface area (Å²) in [5.41, 5.74) is 0. The van der Waals surface area contributed by atoms with Crippen LogP contribution in [0.15, 0.2) is 12.2 Å². The first kappa shape index (κ1) is 15.9. The maximum absolute atomic E-state index is 12.1. The van der Waals surface area contributed by atoms with Crippen molar-refractivity contribution in [2.24, 2.45) is 0 Å². The highest BCUT2D eigenvalue weighted by atomic mass is 16.5. The molecule has 8 nitrogen and oxygen atoms in total. The van der Waals surface area contributed by atoms with E-state index in [2.05, 4.69) is 0 Å². The van der Waals surface area contributed by atoms with Crippen molar-refractivity contribution in [1.29, 1.82) is 0 Å². The highest BCUT2D eigenvalue weighted by Gasteiger charge is 2.48. The lowest BCUT2D eigenvalue weighted by Gasteiger charge is -2.23. The van der Waals surface area contributed by atoms with Gasteiger partial charge in [-0.2, -0.15) is 10.0 Å². The second-order valence-electron chi connectivity index (χ2n) is 5.01. The van der Waals surface area contributed by atoms with Crippen molar-refractivity contribution in [3.05, 3.63) is 12.2 Å². The number of esters is 1. The number of hydrogen-bond acceptors (Lipinski definition) is 6. The number of carbonyl (C=O) groups excluding carboxylic acids is 5. The predicted molar refractivity (Wildman–Crippen MR) is 71.5 cm³/mol. The van der Waals surface area contributed by atoms with Gasteiger partial charge >= 0.3 is 5.97 Å². The Morgan fingerprint density at radius 2 is 1.77 bits per heavy atom. The van der Waals surface area contributed by atoms with Crippen molar-refractivity contribution in [3.8, 4) is 0 Å². The lowest BCUT2D eigenvalue weighted by atomic mass is 10.2. The van der Waals surface area contributed by atoms with Gasteiger partial charge in [0.1, 0.15) is 0 Å². The zero-order chi connectivity index (χ0) is 16.3. The summed E-state index contributed by atoms with van der Waals surface area (Å²) in [5, 5.41) is 0.907. The average Bonchev–Trinajstić information content (AvgIpc) is 2.91. The monoisotopic (exact) mass is 308 g/mol. The number of amides is 4. The Bertz CT molecular complexity index is 550. The predicted octanol–water partition coefficient (Wildman–Crippen LogP) is 0.0774. The summed E-state index contributed by atoms with van der Waals surface area (Å²) in [7, 11) is 0. The molecular formula is C14H16N2O6. The van der Waals surface area contributed by atoms with Gasteiger partial charge in [-0.1, -0.05) is 19.8 Å². The molecule has 1 fully saturated rings. The van der Waals surface area contributed by atoms with E-state index in [0.717, 1.165) is 25.0 Å². The van der Waals surface area contributed by atoms with Gasteiger partial charge in [0.05, 0.1) is 6.42 Å². The SMILES string of the molecule is CCCCCC(=O)OC1CC(=O)N(N2C(=O)C=CC2=O)C1=O. The van der Waals surface area contributed by atoms with Crippen LogP contribution in [-0.2, 0) is 28.7 Å². The molecule has 2 heterocycles. The maximum atomic E-state index is 12.1. The number of hydrazine groups is 1. The van der Waals surface area contributed by atoms with Crippen molar-refractivity contribution >= 4 is 29.6 Å². The molecule has 2 aliphatic heterocycles. The number of imide groups is 2. The van der Waals surface area contributed by atoms with Crippen LogP contribution in [0, 0.1) is 0 Å². The molecule has 0 radical (unpaired) electrons. The number of ether oxygens (including phenoxy) is 1. The van der Waals surface area contributed by atoms with Crippen molar-refractivity contribution < 1.29 is 28.7 Å². The van der Waals surface area contributed by atoms with E-state index < -0.39 is 35.7 Å². The summed E-state index contributed by atoms with van der Waals surface area (Å²) in [5.74, 6) is -3.75. The van der Waals surface area contributed by atoms with Gasteiger partial charge in [-0.15, -0.1) is 0 Å². The molecule has 1 saturated heterocycles. The summed E-state index contributed by atoms with van der Waals surface area (Å²) >= 11 is 0. The summed E-state index contributed by atoms with van der Waals surface area (Å²) in [6, 6.07) is 0. The fourth-order valence-corrected chi connectivity index (χ4v) is 2.22. The van der Waals surface area contributed by atoms with E-state index in [1.54, 1.807) is 0 Å². The lowest BCUT2D eigenvalue weighted by molar-refractivity contribution is -0.173.